The lowest BCUT2D eigenvalue weighted by molar-refractivity contribution is -0.127. The average molecular weight is 325 g/mol. The van der Waals surface area contributed by atoms with Crippen molar-refractivity contribution in [2.45, 2.75) is 49.1 Å². The maximum Gasteiger partial charge on any atom is 0.240 e. The Morgan fingerprint density at radius 1 is 1.27 bits per heavy atom. The quantitative estimate of drug-likeness (QED) is 0.747. The Kier molecular flexibility index (Phi) is 5.20. The fraction of sp³-hybridized carbons (Fsp3) is 0.533. The molecule has 1 aliphatic carbocycles. The first-order chi connectivity index (χ1) is 10.4. The minimum Gasteiger partial charge on any atom is -0.350 e. The van der Waals surface area contributed by atoms with Crippen LogP contribution in [0.2, 0.25) is 0 Å². The van der Waals surface area contributed by atoms with Gasteiger partial charge in [-0.05, 0) is 37.6 Å². The van der Waals surface area contributed by atoms with Gasteiger partial charge in [-0.15, -0.1) is 0 Å². The number of nitrogens with two attached hydrogens (primary N) is 1. The highest BCUT2D eigenvalue weighted by molar-refractivity contribution is 7.89. The summed E-state index contributed by atoms with van der Waals surface area (Å²) in [6.45, 7) is 0.269. The van der Waals surface area contributed by atoms with Crippen LogP contribution in [-0.2, 0) is 21.4 Å². The van der Waals surface area contributed by atoms with E-state index in [1.54, 1.807) is 18.2 Å². The number of hydrogen-bond acceptors (Lipinski definition) is 4. The van der Waals surface area contributed by atoms with Gasteiger partial charge in [-0.2, -0.15) is 0 Å². The first-order valence-corrected chi connectivity index (χ1v) is 8.95. The van der Waals surface area contributed by atoms with Crippen molar-refractivity contribution in [3.63, 3.8) is 0 Å². The topological polar surface area (TPSA) is 101 Å². The molecule has 0 atom stereocenters. The zero-order chi connectivity index (χ0) is 16.2. The molecule has 1 aliphatic rings. The number of carbonyl (C=O) groups excluding carboxylic acids is 1. The first-order valence-electron chi connectivity index (χ1n) is 7.47. The number of benzene rings is 1. The Hall–Kier alpha value is -1.44. The van der Waals surface area contributed by atoms with Gasteiger partial charge in [-0.25, -0.2) is 13.1 Å². The lowest BCUT2D eigenvalue weighted by Crippen LogP contribution is -2.54. The average Bonchev–Trinajstić information content (AvgIpc) is 2.53. The largest absolute Gasteiger partial charge is 0.350 e. The van der Waals surface area contributed by atoms with Crippen molar-refractivity contribution in [1.29, 1.82) is 0 Å². The fourth-order valence-electron chi connectivity index (χ4n) is 2.71. The summed E-state index contributed by atoms with van der Waals surface area (Å²) in [6.07, 6.45) is 4.47. The van der Waals surface area contributed by atoms with Gasteiger partial charge in [-0.3, -0.25) is 4.79 Å². The monoisotopic (exact) mass is 325 g/mol. The predicted octanol–water partition coefficient (Wildman–Crippen LogP) is 0.872. The van der Waals surface area contributed by atoms with E-state index in [1.807, 2.05) is 0 Å². The summed E-state index contributed by atoms with van der Waals surface area (Å²) >= 11 is 0. The zero-order valence-corrected chi connectivity index (χ0v) is 13.6. The van der Waals surface area contributed by atoms with Gasteiger partial charge in [0.05, 0.1) is 10.4 Å². The molecule has 0 unspecified atom stereocenters. The highest BCUT2D eigenvalue weighted by Gasteiger charge is 2.34. The van der Waals surface area contributed by atoms with Gasteiger partial charge >= 0.3 is 0 Å². The summed E-state index contributed by atoms with van der Waals surface area (Å²) in [5, 5.41) is 2.83. The molecule has 0 spiro atoms. The Labute approximate surface area is 131 Å². The van der Waals surface area contributed by atoms with Crippen molar-refractivity contribution >= 4 is 15.9 Å². The van der Waals surface area contributed by atoms with Crippen molar-refractivity contribution in [3.8, 4) is 0 Å². The summed E-state index contributed by atoms with van der Waals surface area (Å²) in [5.41, 5.74) is 6.11. The summed E-state index contributed by atoms with van der Waals surface area (Å²) in [6, 6.07) is 6.50. The molecule has 7 heteroatoms. The maximum absolute atomic E-state index is 12.3. The van der Waals surface area contributed by atoms with E-state index in [4.69, 9.17) is 5.73 Å². The highest BCUT2D eigenvalue weighted by Crippen LogP contribution is 2.26. The second kappa shape index (κ2) is 6.76. The third-order valence-corrected chi connectivity index (χ3v) is 5.54. The maximum atomic E-state index is 12.3. The summed E-state index contributed by atoms with van der Waals surface area (Å²) in [5.74, 6) is -0.158. The van der Waals surface area contributed by atoms with Gasteiger partial charge in [0, 0.05) is 6.54 Å². The van der Waals surface area contributed by atoms with E-state index in [0.29, 0.717) is 12.8 Å². The molecule has 122 valence electrons. The third kappa shape index (κ3) is 3.85. The molecule has 0 aromatic heterocycles. The second-order valence-corrected chi connectivity index (χ2v) is 7.64. The predicted molar refractivity (Wildman–Crippen MR) is 84.5 cm³/mol. The van der Waals surface area contributed by atoms with Crippen LogP contribution in [0.4, 0.5) is 0 Å². The molecule has 0 bridgehead atoms. The third-order valence-electron chi connectivity index (χ3n) is 4.13. The molecule has 1 saturated carbocycles. The number of sulfonamides is 1. The van der Waals surface area contributed by atoms with Gasteiger partial charge in [0.25, 0.3) is 0 Å². The van der Waals surface area contributed by atoms with E-state index in [1.165, 1.54) is 13.1 Å². The van der Waals surface area contributed by atoms with Crippen molar-refractivity contribution in [3.05, 3.63) is 29.8 Å². The fourth-order valence-corrected chi connectivity index (χ4v) is 3.51. The van der Waals surface area contributed by atoms with Crippen LogP contribution in [0.25, 0.3) is 0 Å². The van der Waals surface area contributed by atoms with E-state index in [9.17, 15) is 13.2 Å². The molecule has 1 amide bonds. The SMILES string of the molecule is CNS(=O)(=O)c1cccc(CNC(=O)C2(N)CCCCC2)c1. The van der Waals surface area contributed by atoms with Gasteiger partial charge in [0.15, 0.2) is 0 Å². The molecule has 2 rings (SSSR count). The number of carbonyl (C=O) groups is 1. The molecule has 1 fully saturated rings. The van der Waals surface area contributed by atoms with E-state index in [-0.39, 0.29) is 17.3 Å². The van der Waals surface area contributed by atoms with Gasteiger partial charge < -0.3 is 11.1 Å². The van der Waals surface area contributed by atoms with Crippen molar-refractivity contribution in [1.82, 2.24) is 10.0 Å². The highest BCUT2D eigenvalue weighted by atomic mass is 32.2. The van der Waals surface area contributed by atoms with E-state index < -0.39 is 15.6 Å². The van der Waals surface area contributed by atoms with Crippen LogP contribution in [0.3, 0.4) is 0 Å². The lowest BCUT2D eigenvalue weighted by atomic mass is 9.82. The van der Waals surface area contributed by atoms with Crippen LogP contribution in [0.15, 0.2) is 29.2 Å². The van der Waals surface area contributed by atoms with Crippen LogP contribution in [0.5, 0.6) is 0 Å². The molecule has 0 aliphatic heterocycles. The smallest absolute Gasteiger partial charge is 0.240 e. The summed E-state index contributed by atoms with van der Waals surface area (Å²) in [4.78, 5) is 12.4. The molecule has 0 saturated heterocycles. The molecule has 0 heterocycles. The van der Waals surface area contributed by atoms with Crippen LogP contribution >= 0.6 is 0 Å². The summed E-state index contributed by atoms with van der Waals surface area (Å²) in [7, 11) is -2.11. The normalized spacial score (nSPS) is 17.9. The van der Waals surface area contributed by atoms with Crippen LogP contribution in [0.1, 0.15) is 37.7 Å². The second-order valence-electron chi connectivity index (χ2n) is 5.75. The van der Waals surface area contributed by atoms with Crippen LogP contribution in [-0.4, -0.2) is 26.9 Å². The van der Waals surface area contributed by atoms with Crippen molar-refractivity contribution in [2.24, 2.45) is 5.73 Å². The van der Waals surface area contributed by atoms with Gasteiger partial charge in [0.1, 0.15) is 0 Å². The van der Waals surface area contributed by atoms with Crippen LogP contribution in [0, 0.1) is 0 Å². The number of hydrogen-bond donors (Lipinski definition) is 3. The van der Waals surface area contributed by atoms with Crippen LogP contribution < -0.4 is 15.8 Å². The number of rotatable bonds is 5. The molecule has 22 heavy (non-hydrogen) atoms. The van der Waals surface area contributed by atoms with Gasteiger partial charge in [-0.1, -0.05) is 31.4 Å². The Bertz CT molecular complexity index is 637. The Morgan fingerprint density at radius 2 is 1.95 bits per heavy atom. The Morgan fingerprint density at radius 3 is 2.59 bits per heavy atom. The molecule has 1 aromatic rings. The van der Waals surface area contributed by atoms with E-state index in [0.717, 1.165) is 24.8 Å². The zero-order valence-electron chi connectivity index (χ0n) is 12.8. The minimum absolute atomic E-state index is 0.158. The molecule has 0 radical (unpaired) electrons. The summed E-state index contributed by atoms with van der Waals surface area (Å²) < 4.78 is 25.8. The van der Waals surface area contributed by atoms with Crippen molar-refractivity contribution in [2.75, 3.05) is 7.05 Å². The van der Waals surface area contributed by atoms with Gasteiger partial charge in [0.2, 0.25) is 15.9 Å². The molecule has 1 aromatic carbocycles. The standard InChI is InChI=1S/C15H23N3O3S/c1-17-22(20,21)13-7-5-6-12(10-13)11-18-14(19)15(16)8-3-2-4-9-15/h5-7,10,17H,2-4,8-9,11,16H2,1H3,(H,18,19). The van der Waals surface area contributed by atoms with E-state index in [2.05, 4.69) is 10.0 Å². The first kappa shape index (κ1) is 16.9. The number of nitrogens with one attached hydrogen (secondary N) is 2. The van der Waals surface area contributed by atoms with Crippen molar-refractivity contribution < 1.29 is 13.2 Å². The molecular formula is C15H23N3O3S. The molecule has 4 N–H and O–H groups in total. The molecular weight excluding hydrogens is 302 g/mol. The van der Waals surface area contributed by atoms with E-state index >= 15 is 0 Å². The number of amides is 1. The molecule has 6 nitrogen and oxygen atoms in total. The lowest BCUT2D eigenvalue weighted by Gasteiger charge is -2.31. The Balaban J connectivity index is 2.03. The minimum atomic E-state index is -3.48.